The largest absolute Gasteiger partial charge is 0.465 e. The fourth-order valence-corrected chi connectivity index (χ4v) is 1.84. The molecule has 4 heteroatoms. The minimum absolute atomic E-state index is 0.270. The Morgan fingerprint density at radius 2 is 2.00 bits per heavy atom. The molecule has 0 bridgehead atoms. The van der Waals surface area contributed by atoms with Gasteiger partial charge in [0.25, 0.3) is 0 Å². The van der Waals surface area contributed by atoms with E-state index in [9.17, 15) is 9.59 Å². The average Bonchev–Trinajstić information content (AvgIpc) is 2.16. The minimum Gasteiger partial charge on any atom is -0.465 e. The lowest BCUT2D eigenvalue weighted by atomic mass is 9.75. The monoisotopic (exact) mass is 185 g/mol. The van der Waals surface area contributed by atoms with Crippen LogP contribution in [0.5, 0.6) is 0 Å². The standard InChI is InChI=1S/C9H15NO3/c11-7-9(6-10-8(12)13)4-2-1-3-5-9/h7,10H,1-6H2,(H,12,13). The number of hydrogen-bond acceptors (Lipinski definition) is 2. The van der Waals surface area contributed by atoms with Gasteiger partial charge >= 0.3 is 6.09 Å². The normalized spacial score (nSPS) is 20.6. The molecule has 0 unspecified atom stereocenters. The van der Waals surface area contributed by atoms with E-state index in [1.807, 2.05) is 0 Å². The molecule has 1 fully saturated rings. The molecule has 1 aliphatic rings. The van der Waals surface area contributed by atoms with Crippen LogP contribution in [-0.4, -0.2) is 24.0 Å². The average molecular weight is 185 g/mol. The van der Waals surface area contributed by atoms with E-state index in [0.29, 0.717) is 0 Å². The van der Waals surface area contributed by atoms with E-state index in [1.54, 1.807) is 0 Å². The molecule has 1 rings (SSSR count). The lowest BCUT2D eigenvalue weighted by molar-refractivity contribution is -0.117. The summed E-state index contributed by atoms with van der Waals surface area (Å²) < 4.78 is 0. The van der Waals surface area contributed by atoms with Gasteiger partial charge in [0.05, 0.1) is 0 Å². The number of aldehydes is 1. The molecule has 0 heterocycles. The summed E-state index contributed by atoms with van der Waals surface area (Å²) in [5.74, 6) is 0. The van der Waals surface area contributed by atoms with Crippen LogP contribution in [0.4, 0.5) is 4.79 Å². The molecule has 0 atom stereocenters. The number of hydrogen-bond donors (Lipinski definition) is 2. The SMILES string of the molecule is O=CC1(CNC(=O)O)CCCCC1. The first-order chi connectivity index (χ1) is 6.18. The maximum atomic E-state index is 10.9. The summed E-state index contributed by atoms with van der Waals surface area (Å²) in [6.45, 7) is 0.270. The Morgan fingerprint density at radius 3 is 2.46 bits per heavy atom. The summed E-state index contributed by atoms with van der Waals surface area (Å²) >= 11 is 0. The first kappa shape index (κ1) is 10.0. The molecule has 1 amide bonds. The molecule has 1 saturated carbocycles. The van der Waals surface area contributed by atoms with Crippen LogP contribution in [0.3, 0.4) is 0 Å². The number of carbonyl (C=O) groups excluding carboxylic acids is 1. The van der Waals surface area contributed by atoms with Gasteiger partial charge in [-0.05, 0) is 12.8 Å². The molecular formula is C9H15NO3. The minimum atomic E-state index is -1.05. The smallest absolute Gasteiger partial charge is 0.404 e. The van der Waals surface area contributed by atoms with Gasteiger partial charge in [0.2, 0.25) is 0 Å². The third-order valence-electron chi connectivity index (χ3n) is 2.69. The Bertz CT molecular complexity index is 197. The van der Waals surface area contributed by atoms with Gasteiger partial charge in [-0.2, -0.15) is 0 Å². The molecule has 13 heavy (non-hydrogen) atoms. The molecule has 0 aromatic carbocycles. The van der Waals surface area contributed by atoms with Gasteiger partial charge < -0.3 is 15.2 Å². The van der Waals surface area contributed by atoms with Crippen molar-refractivity contribution in [3.05, 3.63) is 0 Å². The van der Waals surface area contributed by atoms with Gasteiger partial charge in [-0.25, -0.2) is 4.79 Å². The predicted molar refractivity (Wildman–Crippen MR) is 47.6 cm³/mol. The van der Waals surface area contributed by atoms with Crippen molar-refractivity contribution in [2.24, 2.45) is 5.41 Å². The van der Waals surface area contributed by atoms with Crippen LogP contribution in [0.15, 0.2) is 0 Å². The second-order valence-corrected chi connectivity index (χ2v) is 3.70. The summed E-state index contributed by atoms with van der Waals surface area (Å²) in [6, 6.07) is 0. The predicted octanol–water partition coefficient (Wildman–Crippen LogP) is 1.40. The van der Waals surface area contributed by atoms with E-state index < -0.39 is 11.5 Å². The Balaban J connectivity index is 2.47. The van der Waals surface area contributed by atoms with Crippen LogP contribution >= 0.6 is 0 Å². The van der Waals surface area contributed by atoms with Gasteiger partial charge in [-0.1, -0.05) is 19.3 Å². The maximum Gasteiger partial charge on any atom is 0.404 e. The molecule has 2 N–H and O–H groups in total. The zero-order valence-electron chi connectivity index (χ0n) is 7.58. The Morgan fingerprint density at radius 1 is 1.38 bits per heavy atom. The number of carbonyl (C=O) groups is 2. The fraction of sp³-hybridized carbons (Fsp3) is 0.778. The van der Waals surface area contributed by atoms with Crippen molar-refractivity contribution >= 4 is 12.4 Å². The second-order valence-electron chi connectivity index (χ2n) is 3.70. The van der Waals surface area contributed by atoms with E-state index in [-0.39, 0.29) is 6.54 Å². The van der Waals surface area contributed by atoms with Crippen LogP contribution < -0.4 is 5.32 Å². The molecule has 0 saturated heterocycles. The first-order valence-corrected chi connectivity index (χ1v) is 4.62. The molecule has 4 nitrogen and oxygen atoms in total. The number of carboxylic acid groups (broad SMARTS) is 1. The fourth-order valence-electron chi connectivity index (χ4n) is 1.84. The molecule has 0 aliphatic heterocycles. The Labute approximate surface area is 77.3 Å². The molecular weight excluding hydrogens is 170 g/mol. The quantitative estimate of drug-likeness (QED) is 0.653. The summed E-state index contributed by atoms with van der Waals surface area (Å²) in [5, 5.41) is 10.7. The van der Waals surface area contributed by atoms with E-state index in [4.69, 9.17) is 5.11 Å². The van der Waals surface area contributed by atoms with Crippen molar-refractivity contribution in [3.8, 4) is 0 Å². The van der Waals surface area contributed by atoms with Gasteiger partial charge in [-0.3, -0.25) is 0 Å². The number of rotatable bonds is 3. The van der Waals surface area contributed by atoms with Crippen LogP contribution in [0.1, 0.15) is 32.1 Å². The van der Waals surface area contributed by atoms with Crippen LogP contribution in [0.25, 0.3) is 0 Å². The van der Waals surface area contributed by atoms with Gasteiger partial charge in [0.1, 0.15) is 6.29 Å². The molecule has 0 aromatic rings. The number of amides is 1. The van der Waals surface area contributed by atoms with Crippen molar-refractivity contribution in [1.29, 1.82) is 0 Å². The van der Waals surface area contributed by atoms with Crippen molar-refractivity contribution in [3.63, 3.8) is 0 Å². The molecule has 1 aliphatic carbocycles. The topological polar surface area (TPSA) is 66.4 Å². The summed E-state index contributed by atoms with van der Waals surface area (Å²) in [4.78, 5) is 21.1. The third kappa shape index (κ3) is 2.72. The zero-order chi connectivity index (χ0) is 9.73. The van der Waals surface area contributed by atoms with Crippen LogP contribution in [0, 0.1) is 5.41 Å². The highest BCUT2D eigenvalue weighted by molar-refractivity contribution is 5.66. The molecule has 74 valence electrons. The van der Waals surface area contributed by atoms with E-state index in [2.05, 4.69) is 5.32 Å². The van der Waals surface area contributed by atoms with Gasteiger partial charge in [0, 0.05) is 12.0 Å². The van der Waals surface area contributed by atoms with Crippen molar-refractivity contribution in [1.82, 2.24) is 5.32 Å². The van der Waals surface area contributed by atoms with E-state index in [1.165, 1.54) is 0 Å². The van der Waals surface area contributed by atoms with Crippen molar-refractivity contribution in [2.75, 3.05) is 6.54 Å². The van der Waals surface area contributed by atoms with Gasteiger partial charge in [0.15, 0.2) is 0 Å². The number of nitrogens with one attached hydrogen (secondary N) is 1. The van der Waals surface area contributed by atoms with Crippen molar-refractivity contribution < 1.29 is 14.7 Å². The highest BCUT2D eigenvalue weighted by Crippen LogP contribution is 2.33. The zero-order valence-corrected chi connectivity index (χ0v) is 7.58. The summed E-state index contributed by atoms with van der Waals surface area (Å²) in [7, 11) is 0. The van der Waals surface area contributed by atoms with E-state index >= 15 is 0 Å². The lowest BCUT2D eigenvalue weighted by Gasteiger charge is -2.31. The third-order valence-corrected chi connectivity index (χ3v) is 2.69. The first-order valence-electron chi connectivity index (χ1n) is 4.62. The van der Waals surface area contributed by atoms with E-state index in [0.717, 1.165) is 38.4 Å². The highest BCUT2D eigenvalue weighted by atomic mass is 16.4. The summed E-state index contributed by atoms with van der Waals surface area (Å²) in [5.41, 5.74) is -0.420. The Kier molecular flexibility index (Phi) is 3.28. The van der Waals surface area contributed by atoms with Gasteiger partial charge in [-0.15, -0.1) is 0 Å². The summed E-state index contributed by atoms with van der Waals surface area (Å²) in [6.07, 6.45) is 4.71. The molecule has 0 spiro atoms. The van der Waals surface area contributed by atoms with Crippen LogP contribution in [-0.2, 0) is 4.79 Å². The van der Waals surface area contributed by atoms with Crippen molar-refractivity contribution in [2.45, 2.75) is 32.1 Å². The highest BCUT2D eigenvalue weighted by Gasteiger charge is 2.31. The lowest BCUT2D eigenvalue weighted by Crippen LogP contribution is -2.39. The molecule has 0 aromatic heterocycles. The second kappa shape index (κ2) is 4.25. The maximum absolute atomic E-state index is 10.9. The Hall–Kier alpha value is -1.06. The molecule has 0 radical (unpaired) electrons. The van der Waals surface area contributed by atoms with Crippen LogP contribution in [0.2, 0.25) is 0 Å².